The lowest BCUT2D eigenvalue weighted by molar-refractivity contribution is 0.0916. The smallest absolute Gasteiger partial charge is 0.0833 e. The molecule has 17 heavy (non-hydrogen) atoms. The molecule has 2 unspecified atom stereocenters. The SMILES string of the molecule is Cc1cc(C(O)C2CCCNC2)c(C)cc1Cl. The third kappa shape index (κ3) is 2.82. The Balaban J connectivity index is 2.23. The van der Waals surface area contributed by atoms with Crippen molar-refractivity contribution in [3.05, 3.63) is 33.8 Å². The number of aliphatic hydroxyl groups excluding tert-OH is 1. The summed E-state index contributed by atoms with van der Waals surface area (Å²) in [7, 11) is 0. The van der Waals surface area contributed by atoms with Gasteiger partial charge in [-0.2, -0.15) is 0 Å². The van der Waals surface area contributed by atoms with Crippen LogP contribution in [0.4, 0.5) is 0 Å². The van der Waals surface area contributed by atoms with Crippen molar-refractivity contribution in [2.45, 2.75) is 32.8 Å². The highest BCUT2D eigenvalue weighted by atomic mass is 35.5. The van der Waals surface area contributed by atoms with Crippen LogP contribution in [-0.4, -0.2) is 18.2 Å². The zero-order valence-corrected chi connectivity index (χ0v) is 11.2. The zero-order chi connectivity index (χ0) is 12.4. The van der Waals surface area contributed by atoms with E-state index in [9.17, 15) is 5.11 Å². The van der Waals surface area contributed by atoms with Gasteiger partial charge >= 0.3 is 0 Å². The Bertz CT molecular complexity index is 399. The summed E-state index contributed by atoms with van der Waals surface area (Å²) in [4.78, 5) is 0. The van der Waals surface area contributed by atoms with Gasteiger partial charge in [-0.25, -0.2) is 0 Å². The van der Waals surface area contributed by atoms with E-state index < -0.39 is 0 Å². The number of piperidine rings is 1. The monoisotopic (exact) mass is 253 g/mol. The van der Waals surface area contributed by atoms with Crippen LogP contribution >= 0.6 is 11.6 Å². The van der Waals surface area contributed by atoms with Gasteiger partial charge in [0.25, 0.3) is 0 Å². The van der Waals surface area contributed by atoms with Crippen molar-refractivity contribution in [2.24, 2.45) is 5.92 Å². The molecule has 1 aliphatic heterocycles. The topological polar surface area (TPSA) is 32.3 Å². The molecule has 2 atom stereocenters. The molecule has 0 saturated carbocycles. The van der Waals surface area contributed by atoms with Gasteiger partial charge < -0.3 is 10.4 Å². The molecule has 1 heterocycles. The van der Waals surface area contributed by atoms with Crippen LogP contribution in [0, 0.1) is 19.8 Å². The van der Waals surface area contributed by atoms with Crippen LogP contribution < -0.4 is 5.32 Å². The van der Waals surface area contributed by atoms with Gasteiger partial charge in [0.05, 0.1) is 6.10 Å². The fraction of sp³-hybridized carbons (Fsp3) is 0.571. The van der Waals surface area contributed by atoms with Crippen LogP contribution in [0.3, 0.4) is 0 Å². The summed E-state index contributed by atoms with van der Waals surface area (Å²) in [5, 5.41) is 14.6. The molecular formula is C14H20ClNO. The maximum atomic E-state index is 10.5. The standard InChI is InChI=1S/C14H20ClNO/c1-9-7-13(15)10(2)6-12(9)14(17)11-4-3-5-16-8-11/h6-7,11,14,16-17H,3-5,8H2,1-2H3. The number of nitrogens with one attached hydrogen (secondary N) is 1. The predicted octanol–water partition coefficient (Wildman–Crippen LogP) is 2.99. The van der Waals surface area contributed by atoms with E-state index in [0.29, 0.717) is 5.92 Å². The van der Waals surface area contributed by atoms with Crippen LogP contribution in [0.2, 0.25) is 5.02 Å². The first-order valence-electron chi connectivity index (χ1n) is 6.25. The molecule has 2 rings (SSSR count). The first-order chi connectivity index (χ1) is 8.09. The summed E-state index contributed by atoms with van der Waals surface area (Å²) >= 11 is 6.08. The Morgan fingerprint density at radius 2 is 2.12 bits per heavy atom. The maximum Gasteiger partial charge on any atom is 0.0833 e. The summed E-state index contributed by atoms with van der Waals surface area (Å²) in [6.45, 7) is 5.97. The van der Waals surface area contributed by atoms with Gasteiger partial charge in [-0.05, 0) is 56.0 Å². The van der Waals surface area contributed by atoms with Crippen molar-refractivity contribution in [1.82, 2.24) is 5.32 Å². The van der Waals surface area contributed by atoms with Crippen LogP contribution in [0.5, 0.6) is 0 Å². The van der Waals surface area contributed by atoms with Crippen molar-refractivity contribution in [3.63, 3.8) is 0 Å². The van der Waals surface area contributed by atoms with Gasteiger partial charge in [-0.3, -0.25) is 0 Å². The van der Waals surface area contributed by atoms with Crippen molar-refractivity contribution in [3.8, 4) is 0 Å². The number of benzene rings is 1. The molecule has 1 saturated heterocycles. The van der Waals surface area contributed by atoms with Crippen molar-refractivity contribution < 1.29 is 5.11 Å². The highest BCUT2D eigenvalue weighted by molar-refractivity contribution is 6.31. The number of rotatable bonds is 2. The Labute approximate surface area is 108 Å². The Morgan fingerprint density at radius 3 is 2.76 bits per heavy atom. The Hall–Kier alpha value is -0.570. The van der Waals surface area contributed by atoms with E-state index >= 15 is 0 Å². The third-order valence-corrected chi connectivity index (χ3v) is 4.05. The Kier molecular flexibility index (Phi) is 4.08. The minimum Gasteiger partial charge on any atom is -0.388 e. The molecule has 0 radical (unpaired) electrons. The summed E-state index contributed by atoms with van der Waals surface area (Å²) < 4.78 is 0. The molecule has 0 amide bonds. The van der Waals surface area contributed by atoms with Gasteiger partial charge in [0.1, 0.15) is 0 Å². The molecule has 2 N–H and O–H groups in total. The lowest BCUT2D eigenvalue weighted by Gasteiger charge is -2.28. The summed E-state index contributed by atoms with van der Waals surface area (Å²) in [5.41, 5.74) is 3.15. The maximum absolute atomic E-state index is 10.5. The van der Waals surface area contributed by atoms with Crippen LogP contribution in [0.1, 0.15) is 35.6 Å². The lowest BCUT2D eigenvalue weighted by Crippen LogP contribution is -2.33. The fourth-order valence-electron chi connectivity index (χ4n) is 2.52. The number of hydrogen-bond acceptors (Lipinski definition) is 2. The van der Waals surface area contributed by atoms with E-state index in [-0.39, 0.29) is 6.10 Å². The molecule has 1 fully saturated rings. The second-order valence-electron chi connectivity index (χ2n) is 5.01. The highest BCUT2D eigenvalue weighted by Gasteiger charge is 2.24. The highest BCUT2D eigenvalue weighted by Crippen LogP contribution is 2.31. The quantitative estimate of drug-likeness (QED) is 0.849. The van der Waals surface area contributed by atoms with Gasteiger partial charge in [-0.1, -0.05) is 17.7 Å². The molecule has 2 nitrogen and oxygen atoms in total. The molecule has 0 spiro atoms. The molecule has 1 aromatic rings. The molecule has 1 aromatic carbocycles. The predicted molar refractivity (Wildman–Crippen MR) is 71.5 cm³/mol. The van der Waals surface area contributed by atoms with Gasteiger partial charge in [0.15, 0.2) is 0 Å². The van der Waals surface area contributed by atoms with Gasteiger partial charge in [-0.15, -0.1) is 0 Å². The lowest BCUT2D eigenvalue weighted by atomic mass is 9.87. The van der Waals surface area contributed by atoms with Crippen molar-refractivity contribution >= 4 is 11.6 Å². The molecular weight excluding hydrogens is 234 g/mol. The number of hydrogen-bond donors (Lipinski definition) is 2. The van der Waals surface area contributed by atoms with Crippen LogP contribution in [0.25, 0.3) is 0 Å². The van der Waals surface area contributed by atoms with Crippen LogP contribution in [-0.2, 0) is 0 Å². The zero-order valence-electron chi connectivity index (χ0n) is 10.5. The van der Waals surface area contributed by atoms with E-state index in [1.165, 1.54) is 0 Å². The van der Waals surface area contributed by atoms with Crippen molar-refractivity contribution in [2.75, 3.05) is 13.1 Å². The summed E-state index contributed by atoms with van der Waals surface area (Å²) in [6.07, 6.45) is 1.86. The second kappa shape index (κ2) is 5.38. The molecule has 3 heteroatoms. The number of aryl methyl sites for hydroxylation is 2. The second-order valence-corrected chi connectivity index (χ2v) is 5.42. The minimum atomic E-state index is -0.376. The first kappa shape index (κ1) is 12.9. The van der Waals surface area contributed by atoms with E-state index in [1.54, 1.807) is 0 Å². The van der Waals surface area contributed by atoms with E-state index in [1.807, 2.05) is 26.0 Å². The molecule has 0 aromatic heterocycles. The average molecular weight is 254 g/mol. The van der Waals surface area contributed by atoms with E-state index in [2.05, 4.69) is 5.32 Å². The molecule has 94 valence electrons. The average Bonchev–Trinajstić information content (AvgIpc) is 2.34. The summed E-state index contributed by atoms with van der Waals surface area (Å²) in [6, 6.07) is 3.97. The van der Waals surface area contributed by atoms with E-state index in [4.69, 9.17) is 11.6 Å². The number of aliphatic hydroxyl groups is 1. The van der Waals surface area contributed by atoms with E-state index in [0.717, 1.165) is 47.6 Å². The largest absolute Gasteiger partial charge is 0.388 e. The minimum absolute atomic E-state index is 0.322. The molecule has 0 bridgehead atoms. The molecule has 0 aliphatic carbocycles. The summed E-state index contributed by atoms with van der Waals surface area (Å²) in [5.74, 6) is 0.322. The first-order valence-corrected chi connectivity index (χ1v) is 6.63. The molecule has 1 aliphatic rings. The Morgan fingerprint density at radius 1 is 1.35 bits per heavy atom. The van der Waals surface area contributed by atoms with Crippen molar-refractivity contribution in [1.29, 1.82) is 0 Å². The number of halogens is 1. The van der Waals surface area contributed by atoms with Crippen LogP contribution in [0.15, 0.2) is 12.1 Å². The normalized spacial score (nSPS) is 22.5. The van der Waals surface area contributed by atoms with Gasteiger partial charge in [0, 0.05) is 17.5 Å². The third-order valence-electron chi connectivity index (χ3n) is 3.65. The van der Waals surface area contributed by atoms with Gasteiger partial charge in [0.2, 0.25) is 0 Å². The fourth-order valence-corrected chi connectivity index (χ4v) is 2.74.